The molecule has 0 radical (unpaired) electrons. The summed E-state index contributed by atoms with van der Waals surface area (Å²) in [6.45, 7) is 16.2. The molecular weight excluding hydrogens is 900 g/mol. The molecule has 16 nitrogen and oxygen atoms in total. The van der Waals surface area contributed by atoms with Crippen molar-refractivity contribution in [2.45, 2.75) is 161 Å². The third kappa shape index (κ3) is 19.1. The van der Waals surface area contributed by atoms with Crippen molar-refractivity contribution < 1.29 is 57.0 Å². The summed E-state index contributed by atoms with van der Waals surface area (Å²) >= 11 is 0. The summed E-state index contributed by atoms with van der Waals surface area (Å²) in [5, 5.41) is 31.0. The van der Waals surface area contributed by atoms with Gasteiger partial charge in [-0.25, -0.2) is 9.59 Å². The third-order valence-electron chi connectivity index (χ3n) is 12.0. The van der Waals surface area contributed by atoms with Crippen LogP contribution in [0.3, 0.4) is 0 Å². The lowest BCUT2D eigenvalue weighted by Crippen LogP contribution is -2.64. The molecule has 2 saturated heterocycles. The maximum absolute atomic E-state index is 14.3. The maximum atomic E-state index is 14.3. The normalized spacial score (nSPS) is 18.9. The number of halogens is 3. The highest BCUT2D eigenvalue weighted by Crippen LogP contribution is 2.36. The first-order chi connectivity index (χ1) is 32.2. The number of hydrogen-bond acceptors (Lipinski definition) is 10. The minimum atomic E-state index is -5.08. The molecule has 2 fully saturated rings. The zero-order chi connectivity index (χ0) is 51.7. The van der Waals surface area contributed by atoms with E-state index in [2.05, 4.69) is 35.1 Å². The number of hydroxylamine groups is 2. The molecule has 4 rings (SSSR count). The molecule has 69 heavy (non-hydrogen) atoms. The van der Waals surface area contributed by atoms with Crippen LogP contribution >= 0.6 is 0 Å². The summed E-state index contributed by atoms with van der Waals surface area (Å²) in [4.78, 5) is 79.6. The number of ether oxygens (including phenoxy) is 1. The zero-order valence-corrected chi connectivity index (χ0v) is 41.2. The fourth-order valence-electron chi connectivity index (χ4n) is 8.78. The van der Waals surface area contributed by atoms with Gasteiger partial charge in [0.15, 0.2) is 0 Å². The predicted molar refractivity (Wildman–Crippen MR) is 254 cm³/mol. The topological polar surface area (TPSA) is 233 Å². The van der Waals surface area contributed by atoms with Crippen molar-refractivity contribution in [1.29, 1.82) is 0 Å². The number of amides is 5. The highest BCUT2D eigenvalue weighted by atomic mass is 19.4. The van der Waals surface area contributed by atoms with Gasteiger partial charge in [-0.05, 0) is 102 Å². The van der Waals surface area contributed by atoms with Gasteiger partial charge in [-0.2, -0.15) is 18.2 Å². The number of alkyl carbamates (subject to hydrolysis) is 1. The van der Waals surface area contributed by atoms with Crippen molar-refractivity contribution in [3.8, 4) is 0 Å². The number of aliphatic carboxylic acids is 1. The lowest BCUT2D eigenvalue weighted by Gasteiger charge is -2.51. The molecule has 384 valence electrons. The van der Waals surface area contributed by atoms with Gasteiger partial charge in [0.05, 0.1) is 5.92 Å². The van der Waals surface area contributed by atoms with Crippen LogP contribution in [-0.2, 0) is 41.7 Å². The minimum absolute atomic E-state index is 0.112. The highest BCUT2D eigenvalue weighted by Gasteiger charge is 2.46. The molecule has 2 aliphatic heterocycles. The number of nitrogens with one attached hydrogen (secondary N) is 4. The zero-order valence-electron chi connectivity index (χ0n) is 41.2. The molecule has 2 heterocycles. The quantitative estimate of drug-likeness (QED) is 0.0578. The first-order valence-corrected chi connectivity index (χ1v) is 23.6. The van der Waals surface area contributed by atoms with E-state index >= 15 is 0 Å². The largest absolute Gasteiger partial charge is 0.490 e. The molecule has 0 saturated carbocycles. The predicted octanol–water partition coefficient (Wildman–Crippen LogP) is 6.26. The number of likely N-dealkylation sites (tertiary alicyclic amines) is 1. The van der Waals surface area contributed by atoms with E-state index < -0.39 is 71.1 Å². The Morgan fingerprint density at radius 3 is 1.97 bits per heavy atom. The van der Waals surface area contributed by atoms with E-state index in [1.54, 1.807) is 4.90 Å². The van der Waals surface area contributed by atoms with Crippen LogP contribution in [0, 0.1) is 17.8 Å². The van der Waals surface area contributed by atoms with Gasteiger partial charge >= 0.3 is 18.2 Å². The molecular formula is C50H74F3N7O9. The monoisotopic (exact) mass is 974 g/mol. The average Bonchev–Trinajstić information content (AvgIpc) is 3.76. The summed E-state index contributed by atoms with van der Waals surface area (Å²) in [6, 6.07) is 15.8. The Morgan fingerprint density at radius 1 is 0.870 bits per heavy atom. The van der Waals surface area contributed by atoms with Gasteiger partial charge in [-0.1, -0.05) is 101 Å². The van der Waals surface area contributed by atoms with Crippen molar-refractivity contribution in [3.63, 3.8) is 0 Å². The number of carboxylic acids is 1. The third-order valence-corrected chi connectivity index (χ3v) is 12.0. The number of alkyl halides is 3. The molecule has 5 amide bonds. The summed E-state index contributed by atoms with van der Waals surface area (Å²) < 4.78 is 37.1. The van der Waals surface area contributed by atoms with Gasteiger partial charge < -0.3 is 47.0 Å². The number of carbonyl (C=O) groups excluding carboxylic acids is 5. The van der Waals surface area contributed by atoms with Crippen LogP contribution in [0.1, 0.15) is 111 Å². The Morgan fingerprint density at radius 2 is 1.43 bits per heavy atom. The van der Waals surface area contributed by atoms with Gasteiger partial charge in [0.2, 0.25) is 23.6 Å². The SMILES string of the molecule is CC(C)C[C@H](N)/C=C/[C@H](Cc1ccccc1)C(=O)N1CCC[C@H]1C(=O)N[C@H](C(=O)N[C@@H](CCCNC(=O)OCc1ccccc1)C(=O)NC1CC(C)(C)N(O)C(C)(C)C1)C(C)C.O=C(O)C(F)(F)F. The first-order valence-electron chi connectivity index (χ1n) is 23.6. The number of benzene rings is 2. The molecule has 19 heteroatoms. The van der Waals surface area contributed by atoms with Crippen LogP contribution < -0.4 is 27.0 Å². The van der Waals surface area contributed by atoms with Gasteiger partial charge in [-0.3, -0.25) is 19.2 Å². The van der Waals surface area contributed by atoms with Crippen LogP contribution in [-0.4, -0.2) is 117 Å². The molecule has 2 aromatic carbocycles. The summed E-state index contributed by atoms with van der Waals surface area (Å²) in [5.41, 5.74) is 6.99. The molecule has 2 aliphatic rings. The molecule has 0 spiro atoms. The Kier molecular flexibility index (Phi) is 22.2. The Bertz CT molecular complexity index is 2000. The van der Waals surface area contributed by atoms with Crippen LogP contribution in [0.15, 0.2) is 72.8 Å². The van der Waals surface area contributed by atoms with E-state index in [1.807, 2.05) is 114 Å². The highest BCUT2D eigenvalue weighted by molar-refractivity contribution is 5.95. The van der Waals surface area contributed by atoms with E-state index in [9.17, 15) is 42.4 Å². The number of nitrogens with zero attached hydrogens (tertiary/aromatic N) is 2. The number of nitrogens with two attached hydrogens (primary N) is 1. The lowest BCUT2D eigenvalue weighted by molar-refractivity contribution is -0.246. The summed E-state index contributed by atoms with van der Waals surface area (Å²) in [5.74, 6) is -4.79. The van der Waals surface area contributed by atoms with Gasteiger partial charge in [0.1, 0.15) is 24.7 Å². The molecule has 2 aromatic rings. The van der Waals surface area contributed by atoms with Crippen molar-refractivity contribution >= 4 is 35.7 Å². The number of hydrogen-bond donors (Lipinski definition) is 7. The minimum Gasteiger partial charge on any atom is -0.475 e. The second-order valence-corrected chi connectivity index (χ2v) is 19.9. The van der Waals surface area contributed by atoms with E-state index in [0.717, 1.165) is 17.5 Å². The van der Waals surface area contributed by atoms with Crippen molar-refractivity contribution in [2.75, 3.05) is 13.1 Å². The molecule has 0 bridgehead atoms. The van der Waals surface area contributed by atoms with Gasteiger partial charge in [-0.15, -0.1) is 0 Å². The number of carboxylic acid groups (broad SMARTS) is 1. The maximum Gasteiger partial charge on any atom is 0.490 e. The summed E-state index contributed by atoms with van der Waals surface area (Å²) in [6.07, 6.45) is 1.87. The standard InChI is InChI=1S/C48H73N7O7.C2HF3O2/c1-32(2)27-37(49)24-23-36(28-34-17-11-9-12-18-34)45(59)54-26-16-22-40(54)43(57)53-41(33(3)4)44(58)52-39(21-15-25-50-46(60)62-31-35-19-13-10-14-20-35)42(56)51-38-29-47(5,6)55(61)48(7,8)30-38;3-2(4,5)1(6)7/h9-14,17-20,23-24,32-33,36-41,61H,15-16,21-22,25-31,49H2,1-8H3,(H,50,60)(H,51,56)(H,52,58)(H,53,57);(H,6,7)/b24-23+;/t36-,37-,39+,40+,41+;/m1./s1. The molecule has 5 atom stereocenters. The van der Waals surface area contributed by atoms with Crippen molar-refractivity contribution in [3.05, 3.63) is 83.9 Å². The second-order valence-electron chi connectivity index (χ2n) is 19.9. The molecule has 0 aromatic heterocycles. The van der Waals surface area contributed by atoms with Crippen LogP contribution in [0.5, 0.6) is 0 Å². The first kappa shape index (κ1) is 57.8. The van der Waals surface area contributed by atoms with Crippen LogP contribution in [0.4, 0.5) is 18.0 Å². The number of piperidine rings is 1. The van der Waals surface area contributed by atoms with Gasteiger partial charge in [0.25, 0.3) is 0 Å². The Balaban J connectivity index is 0.00000167. The van der Waals surface area contributed by atoms with E-state index in [1.165, 1.54) is 5.06 Å². The summed E-state index contributed by atoms with van der Waals surface area (Å²) in [7, 11) is 0. The smallest absolute Gasteiger partial charge is 0.475 e. The van der Waals surface area contributed by atoms with Crippen LogP contribution in [0.25, 0.3) is 0 Å². The second kappa shape index (κ2) is 26.4. The molecule has 0 unspecified atom stereocenters. The number of carbonyl (C=O) groups is 6. The Hall–Kier alpha value is -5.53. The fraction of sp³-hybridized carbons (Fsp3) is 0.600. The van der Waals surface area contributed by atoms with E-state index in [4.69, 9.17) is 20.4 Å². The number of rotatable bonds is 20. The fourth-order valence-corrected chi connectivity index (χ4v) is 8.78. The lowest BCUT2D eigenvalue weighted by atomic mass is 9.79. The van der Waals surface area contributed by atoms with Gasteiger partial charge in [0, 0.05) is 36.3 Å². The Labute approximate surface area is 404 Å². The molecule has 0 aliphatic carbocycles. The van der Waals surface area contributed by atoms with Crippen molar-refractivity contribution in [2.24, 2.45) is 23.5 Å². The van der Waals surface area contributed by atoms with Crippen LogP contribution in [0.2, 0.25) is 0 Å². The average molecular weight is 974 g/mol. The van der Waals surface area contributed by atoms with E-state index in [0.29, 0.717) is 51.0 Å². The van der Waals surface area contributed by atoms with Crippen molar-refractivity contribution in [1.82, 2.24) is 31.2 Å². The molecule has 8 N–H and O–H groups in total. The van der Waals surface area contributed by atoms with E-state index in [-0.39, 0.29) is 43.5 Å².